The van der Waals surface area contributed by atoms with Gasteiger partial charge in [0.1, 0.15) is 17.2 Å². The number of aromatic nitrogens is 3. The molecule has 0 fully saturated rings. The number of hydrogen-bond donors (Lipinski definition) is 4. The van der Waals surface area contributed by atoms with Crippen molar-refractivity contribution in [2.75, 3.05) is 12.4 Å². The number of aryl methyl sites for hydroxylation is 1. The van der Waals surface area contributed by atoms with E-state index in [2.05, 4.69) is 15.5 Å². The molecule has 3 rings (SSSR count). The van der Waals surface area contributed by atoms with Crippen molar-refractivity contribution in [2.45, 2.75) is 33.1 Å². The molecular weight excluding hydrogens is 404 g/mol. The molecule has 8 nitrogen and oxygen atoms in total. The van der Waals surface area contributed by atoms with E-state index in [-0.39, 0.29) is 17.4 Å². The Balaban J connectivity index is 2.14. The number of nitrogens with one attached hydrogen (secondary N) is 2. The van der Waals surface area contributed by atoms with Crippen molar-refractivity contribution in [3.63, 3.8) is 0 Å². The molecular formula is C21H24N4O4S. The van der Waals surface area contributed by atoms with E-state index in [1.807, 2.05) is 13.8 Å². The van der Waals surface area contributed by atoms with Gasteiger partial charge >= 0.3 is 0 Å². The Morgan fingerprint density at radius 2 is 2.00 bits per heavy atom. The molecule has 0 bridgehead atoms. The minimum atomic E-state index is -0.120. The zero-order valence-corrected chi connectivity index (χ0v) is 17.8. The van der Waals surface area contributed by atoms with Crippen LogP contribution in [0.3, 0.4) is 0 Å². The Bertz CT molecular complexity index is 1140. The van der Waals surface area contributed by atoms with Gasteiger partial charge in [0.2, 0.25) is 5.91 Å². The molecule has 0 spiro atoms. The van der Waals surface area contributed by atoms with Crippen LogP contribution < -0.4 is 10.1 Å². The number of anilines is 1. The number of phenols is 2. The molecule has 0 atom stereocenters. The van der Waals surface area contributed by atoms with E-state index in [0.29, 0.717) is 51.7 Å². The number of amides is 1. The summed E-state index contributed by atoms with van der Waals surface area (Å²) in [7, 11) is 1.53. The smallest absolute Gasteiger partial charge is 0.224 e. The van der Waals surface area contributed by atoms with E-state index in [9.17, 15) is 15.0 Å². The summed E-state index contributed by atoms with van der Waals surface area (Å²) < 4.78 is 7.32. The van der Waals surface area contributed by atoms with Gasteiger partial charge < -0.3 is 20.3 Å². The van der Waals surface area contributed by atoms with Gasteiger partial charge in [-0.05, 0) is 54.9 Å². The number of methoxy groups -OCH3 is 1. The predicted octanol–water partition coefficient (Wildman–Crippen LogP) is 4.32. The van der Waals surface area contributed by atoms with E-state index in [4.69, 9.17) is 17.0 Å². The lowest BCUT2D eigenvalue weighted by atomic mass is 10.1. The fourth-order valence-corrected chi connectivity index (χ4v) is 3.41. The van der Waals surface area contributed by atoms with Crippen molar-refractivity contribution < 1.29 is 19.7 Å². The van der Waals surface area contributed by atoms with Crippen molar-refractivity contribution in [3.05, 3.63) is 40.7 Å². The zero-order chi connectivity index (χ0) is 21.8. The monoisotopic (exact) mass is 428 g/mol. The van der Waals surface area contributed by atoms with Crippen LogP contribution >= 0.6 is 12.2 Å². The highest BCUT2D eigenvalue weighted by Gasteiger charge is 2.18. The number of H-pyrrole nitrogens is 1. The summed E-state index contributed by atoms with van der Waals surface area (Å²) in [4.78, 5) is 12.1. The maximum Gasteiger partial charge on any atom is 0.224 e. The number of hydrogen-bond acceptors (Lipinski definition) is 6. The second kappa shape index (κ2) is 9.00. The lowest BCUT2D eigenvalue weighted by Gasteiger charge is -2.14. The first kappa shape index (κ1) is 21.4. The summed E-state index contributed by atoms with van der Waals surface area (Å²) >= 11 is 5.41. The zero-order valence-electron chi connectivity index (χ0n) is 17.0. The summed E-state index contributed by atoms with van der Waals surface area (Å²) in [6, 6.07) is 8.21. The molecule has 0 unspecified atom stereocenters. The number of aromatic amines is 1. The van der Waals surface area contributed by atoms with Gasteiger partial charge in [-0.15, -0.1) is 0 Å². The Labute approximate surface area is 179 Å². The van der Waals surface area contributed by atoms with Gasteiger partial charge in [0.25, 0.3) is 0 Å². The summed E-state index contributed by atoms with van der Waals surface area (Å²) in [6.07, 6.45) is 1.70. The van der Waals surface area contributed by atoms with Gasteiger partial charge in [-0.25, -0.2) is 0 Å². The topological polar surface area (TPSA) is 112 Å². The molecule has 1 aromatic heterocycles. The molecule has 4 N–H and O–H groups in total. The first-order chi connectivity index (χ1) is 14.4. The van der Waals surface area contributed by atoms with Gasteiger partial charge in [-0.1, -0.05) is 13.8 Å². The van der Waals surface area contributed by atoms with Crippen molar-refractivity contribution in [1.82, 2.24) is 14.8 Å². The molecule has 0 saturated carbocycles. The molecule has 0 saturated heterocycles. The number of nitrogens with zero attached hydrogens (tertiary/aromatic N) is 2. The number of ether oxygens (including phenoxy) is 1. The summed E-state index contributed by atoms with van der Waals surface area (Å²) in [5, 5.41) is 30.3. The third-order valence-electron chi connectivity index (χ3n) is 4.68. The van der Waals surface area contributed by atoms with E-state index in [1.54, 1.807) is 28.8 Å². The molecule has 1 amide bonds. The minimum absolute atomic E-state index is 0.0183. The highest BCUT2D eigenvalue weighted by Crippen LogP contribution is 2.36. The van der Waals surface area contributed by atoms with Gasteiger partial charge in [0, 0.05) is 12.5 Å². The largest absolute Gasteiger partial charge is 0.508 e. The van der Waals surface area contributed by atoms with Crippen LogP contribution in [0.2, 0.25) is 0 Å². The number of phenolic OH excluding ortho intramolecular Hbond substituents is 2. The maximum absolute atomic E-state index is 12.1. The highest BCUT2D eigenvalue weighted by molar-refractivity contribution is 7.71. The van der Waals surface area contributed by atoms with Crippen LogP contribution in [-0.2, 0) is 11.2 Å². The molecule has 0 aliphatic heterocycles. The van der Waals surface area contributed by atoms with Crippen LogP contribution in [0.1, 0.15) is 32.3 Å². The van der Waals surface area contributed by atoms with Gasteiger partial charge in [-0.3, -0.25) is 14.5 Å². The summed E-state index contributed by atoms with van der Waals surface area (Å²) in [5.74, 6) is 0.672. The number of carbonyl (C=O) groups is 1. The minimum Gasteiger partial charge on any atom is -0.508 e. The molecule has 0 aliphatic rings. The Morgan fingerprint density at radius 1 is 1.23 bits per heavy atom. The van der Waals surface area contributed by atoms with Crippen molar-refractivity contribution >= 4 is 23.8 Å². The molecule has 158 valence electrons. The van der Waals surface area contributed by atoms with Crippen LogP contribution in [0, 0.1) is 4.77 Å². The van der Waals surface area contributed by atoms with Crippen LogP contribution in [0.5, 0.6) is 17.2 Å². The molecule has 30 heavy (non-hydrogen) atoms. The van der Waals surface area contributed by atoms with Crippen LogP contribution in [-0.4, -0.2) is 38.0 Å². The highest BCUT2D eigenvalue weighted by atomic mass is 32.1. The third-order valence-corrected chi connectivity index (χ3v) is 4.96. The first-order valence-electron chi connectivity index (χ1n) is 9.60. The molecule has 2 aromatic carbocycles. The number of carbonyl (C=O) groups excluding carboxylic acids is 1. The maximum atomic E-state index is 12.1. The number of benzene rings is 2. The normalized spacial score (nSPS) is 10.8. The van der Waals surface area contributed by atoms with E-state index in [1.165, 1.54) is 13.2 Å². The van der Waals surface area contributed by atoms with E-state index < -0.39 is 0 Å². The lowest BCUT2D eigenvalue weighted by molar-refractivity contribution is -0.116. The quantitative estimate of drug-likeness (QED) is 0.417. The third kappa shape index (κ3) is 4.16. The second-order valence-electron chi connectivity index (χ2n) is 6.72. The van der Waals surface area contributed by atoms with Gasteiger partial charge in [0.05, 0.1) is 24.0 Å². The first-order valence-corrected chi connectivity index (χ1v) is 10.0. The Hall–Kier alpha value is -3.33. The molecule has 3 aromatic rings. The molecule has 9 heteroatoms. The average molecular weight is 429 g/mol. The molecule has 1 heterocycles. The van der Waals surface area contributed by atoms with E-state index >= 15 is 0 Å². The van der Waals surface area contributed by atoms with Crippen LogP contribution in [0.25, 0.3) is 17.1 Å². The molecule has 0 radical (unpaired) electrons. The van der Waals surface area contributed by atoms with Crippen molar-refractivity contribution in [3.8, 4) is 34.3 Å². The Kier molecular flexibility index (Phi) is 6.41. The fourth-order valence-electron chi connectivity index (χ4n) is 3.17. The average Bonchev–Trinajstić information content (AvgIpc) is 3.09. The molecule has 0 aliphatic carbocycles. The van der Waals surface area contributed by atoms with Gasteiger partial charge in [-0.2, -0.15) is 5.10 Å². The SMILES string of the molecule is CCCC(=O)Nc1cc(-n2c(-c3cc(CC)c(O)cc3O)n[nH]c2=S)ccc1OC. The number of rotatable bonds is 7. The summed E-state index contributed by atoms with van der Waals surface area (Å²) in [5.41, 5.74) is 2.23. The van der Waals surface area contributed by atoms with Gasteiger partial charge in [0.15, 0.2) is 10.6 Å². The predicted molar refractivity (Wildman–Crippen MR) is 117 cm³/mol. The fraction of sp³-hybridized carbons (Fsp3) is 0.286. The second-order valence-corrected chi connectivity index (χ2v) is 7.11. The lowest BCUT2D eigenvalue weighted by Crippen LogP contribution is -2.12. The van der Waals surface area contributed by atoms with Crippen molar-refractivity contribution in [2.24, 2.45) is 0 Å². The van der Waals surface area contributed by atoms with Crippen LogP contribution in [0.15, 0.2) is 30.3 Å². The van der Waals surface area contributed by atoms with E-state index in [0.717, 1.165) is 6.42 Å². The summed E-state index contributed by atoms with van der Waals surface area (Å²) in [6.45, 7) is 3.83. The number of aromatic hydroxyl groups is 2. The van der Waals surface area contributed by atoms with Crippen LogP contribution in [0.4, 0.5) is 5.69 Å². The standard InChI is InChI=1S/C21H24N4O4S/c1-4-6-19(28)22-15-10-13(7-8-18(15)29-3)25-20(23-24-21(25)30)14-9-12(5-2)16(26)11-17(14)27/h7-11,26-27H,4-6H2,1-3H3,(H,22,28)(H,24,30). The Morgan fingerprint density at radius 3 is 2.67 bits per heavy atom. The van der Waals surface area contributed by atoms with Crippen molar-refractivity contribution in [1.29, 1.82) is 0 Å².